The summed E-state index contributed by atoms with van der Waals surface area (Å²) in [4.78, 5) is 33.4. The van der Waals surface area contributed by atoms with E-state index in [-0.39, 0.29) is 24.8 Å². The maximum atomic E-state index is 12.7. The summed E-state index contributed by atoms with van der Waals surface area (Å²) in [5.74, 6) is 0.381. The molecule has 3 aromatic heterocycles. The van der Waals surface area contributed by atoms with Crippen molar-refractivity contribution >= 4 is 23.2 Å². The van der Waals surface area contributed by atoms with Crippen LogP contribution in [-0.2, 0) is 16.1 Å². The molecule has 0 unspecified atom stereocenters. The first-order valence-corrected chi connectivity index (χ1v) is 12.7. The van der Waals surface area contributed by atoms with Crippen molar-refractivity contribution in [2.75, 3.05) is 18.5 Å². The normalized spacial score (nSPS) is 10.8. The number of benzene rings is 2. The molecule has 1 amide bonds. The van der Waals surface area contributed by atoms with Crippen LogP contribution in [0.15, 0.2) is 91.4 Å². The predicted octanol–water partition coefficient (Wildman–Crippen LogP) is 4.75. The Morgan fingerprint density at radius 2 is 1.72 bits per heavy atom. The highest BCUT2D eigenvalue weighted by Gasteiger charge is 2.17. The lowest BCUT2D eigenvalue weighted by Gasteiger charge is -2.12. The number of nitrogens with zero attached hydrogens (tertiary/aromatic N) is 4. The van der Waals surface area contributed by atoms with E-state index in [2.05, 4.69) is 39.9 Å². The third kappa shape index (κ3) is 6.10. The standard InChI is InChI=1S/C30H28N6O3/c1-2-39-26(37)13-15-32-30(38)24-17-23(19-31-20-24)28-34-29(33-18-21-9-5-3-6-10-21)27-25(14-16-36(27)35-28)22-11-7-4-8-12-22/h3-12,14,16-17,19-20H,2,13,15,18H2,1H3,(H,32,38)(H,33,34,35). The zero-order valence-corrected chi connectivity index (χ0v) is 21.5. The maximum Gasteiger partial charge on any atom is 0.307 e. The predicted molar refractivity (Wildman–Crippen MR) is 149 cm³/mol. The van der Waals surface area contributed by atoms with E-state index in [0.29, 0.717) is 35.9 Å². The van der Waals surface area contributed by atoms with E-state index in [0.717, 1.165) is 22.2 Å². The molecule has 0 bridgehead atoms. The van der Waals surface area contributed by atoms with E-state index in [1.54, 1.807) is 23.7 Å². The van der Waals surface area contributed by atoms with Gasteiger partial charge in [0.1, 0.15) is 5.52 Å². The molecule has 39 heavy (non-hydrogen) atoms. The Morgan fingerprint density at radius 1 is 0.949 bits per heavy atom. The highest BCUT2D eigenvalue weighted by molar-refractivity contribution is 5.95. The van der Waals surface area contributed by atoms with Crippen LogP contribution < -0.4 is 10.6 Å². The first-order valence-electron chi connectivity index (χ1n) is 12.7. The monoisotopic (exact) mass is 520 g/mol. The summed E-state index contributed by atoms with van der Waals surface area (Å²) in [6.07, 6.45) is 5.09. The van der Waals surface area contributed by atoms with Crippen LogP contribution in [0.1, 0.15) is 29.3 Å². The van der Waals surface area contributed by atoms with Crippen molar-refractivity contribution in [2.24, 2.45) is 0 Å². The zero-order valence-electron chi connectivity index (χ0n) is 21.5. The summed E-state index contributed by atoms with van der Waals surface area (Å²) in [5, 5.41) is 11.0. The minimum atomic E-state index is -0.358. The van der Waals surface area contributed by atoms with Gasteiger partial charge in [-0.05, 0) is 30.2 Å². The fourth-order valence-electron chi connectivity index (χ4n) is 4.20. The van der Waals surface area contributed by atoms with Gasteiger partial charge < -0.3 is 15.4 Å². The number of amides is 1. The maximum absolute atomic E-state index is 12.7. The van der Waals surface area contributed by atoms with Gasteiger partial charge in [-0.3, -0.25) is 14.6 Å². The van der Waals surface area contributed by atoms with Crippen LogP contribution in [-0.4, -0.2) is 44.6 Å². The number of ether oxygens (including phenoxy) is 1. The summed E-state index contributed by atoms with van der Waals surface area (Å²) >= 11 is 0. The molecule has 5 rings (SSSR count). The van der Waals surface area contributed by atoms with E-state index in [9.17, 15) is 9.59 Å². The van der Waals surface area contributed by atoms with Crippen LogP contribution in [0.2, 0.25) is 0 Å². The van der Waals surface area contributed by atoms with Crippen molar-refractivity contribution in [3.05, 3.63) is 103 Å². The number of hydrogen-bond acceptors (Lipinski definition) is 7. The summed E-state index contributed by atoms with van der Waals surface area (Å²) in [6.45, 7) is 2.79. The molecule has 0 saturated heterocycles. The van der Waals surface area contributed by atoms with Crippen LogP contribution in [0.4, 0.5) is 5.82 Å². The van der Waals surface area contributed by atoms with Crippen molar-refractivity contribution in [1.82, 2.24) is 24.9 Å². The molecule has 0 spiro atoms. The summed E-state index contributed by atoms with van der Waals surface area (Å²) < 4.78 is 6.70. The number of anilines is 1. The van der Waals surface area contributed by atoms with Crippen LogP contribution in [0.3, 0.4) is 0 Å². The van der Waals surface area contributed by atoms with Gasteiger partial charge in [0.05, 0.1) is 18.6 Å². The number of rotatable bonds is 10. The second-order valence-electron chi connectivity index (χ2n) is 8.78. The third-order valence-electron chi connectivity index (χ3n) is 6.08. The second kappa shape index (κ2) is 12.0. The lowest BCUT2D eigenvalue weighted by atomic mass is 10.1. The van der Waals surface area contributed by atoms with Crippen LogP contribution in [0, 0.1) is 0 Å². The van der Waals surface area contributed by atoms with E-state index >= 15 is 0 Å². The molecule has 0 atom stereocenters. The summed E-state index contributed by atoms with van der Waals surface area (Å²) in [5.41, 5.74) is 4.96. The molecule has 0 aliphatic heterocycles. The number of aromatic nitrogens is 4. The van der Waals surface area contributed by atoms with Gasteiger partial charge >= 0.3 is 5.97 Å². The molecule has 2 N–H and O–H groups in total. The molecule has 0 aliphatic carbocycles. The van der Waals surface area contributed by atoms with Crippen molar-refractivity contribution in [2.45, 2.75) is 19.9 Å². The third-order valence-corrected chi connectivity index (χ3v) is 6.08. The van der Waals surface area contributed by atoms with Crippen LogP contribution in [0.5, 0.6) is 0 Å². The van der Waals surface area contributed by atoms with E-state index in [1.165, 1.54) is 6.20 Å². The molecular formula is C30H28N6O3. The molecule has 2 aromatic carbocycles. The van der Waals surface area contributed by atoms with Gasteiger partial charge in [-0.25, -0.2) is 9.50 Å². The largest absolute Gasteiger partial charge is 0.466 e. The number of fused-ring (bicyclic) bond motifs is 1. The van der Waals surface area contributed by atoms with E-state index in [4.69, 9.17) is 14.8 Å². The van der Waals surface area contributed by atoms with Crippen molar-refractivity contribution in [1.29, 1.82) is 0 Å². The fourth-order valence-corrected chi connectivity index (χ4v) is 4.20. The summed E-state index contributed by atoms with van der Waals surface area (Å²) in [6, 6.07) is 23.9. The van der Waals surface area contributed by atoms with Gasteiger partial charge in [-0.1, -0.05) is 60.7 Å². The summed E-state index contributed by atoms with van der Waals surface area (Å²) in [7, 11) is 0. The fraction of sp³-hybridized carbons (Fsp3) is 0.167. The molecule has 5 aromatic rings. The van der Waals surface area contributed by atoms with E-state index in [1.807, 2.05) is 48.7 Å². The number of esters is 1. The van der Waals surface area contributed by atoms with Gasteiger partial charge in [-0.15, -0.1) is 5.10 Å². The second-order valence-corrected chi connectivity index (χ2v) is 8.78. The lowest BCUT2D eigenvalue weighted by Crippen LogP contribution is -2.26. The molecule has 9 nitrogen and oxygen atoms in total. The lowest BCUT2D eigenvalue weighted by molar-refractivity contribution is -0.142. The minimum Gasteiger partial charge on any atom is -0.466 e. The number of nitrogens with one attached hydrogen (secondary N) is 2. The zero-order chi connectivity index (χ0) is 27.0. The highest BCUT2D eigenvalue weighted by atomic mass is 16.5. The van der Waals surface area contributed by atoms with Crippen molar-refractivity contribution in [3.63, 3.8) is 0 Å². The van der Waals surface area contributed by atoms with Crippen molar-refractivity contribution in [3.8, 4) is 22.5 Å². The average molecular weight is 521 g/mol. The molecule has 3 heterocycles. The topological polar surface area (TPSA) is 111 Å². The SMILES string of the molecule is CCOC(=O)CCNC(=O)c1cncc(-c2nc(NCc3ccccc3)c3c(-c4ccccc4)ccn3n2)c1. The molecule has 9 heteroatoms. The van der Waals surface area contributed by atoms with E-state index < -0.39 is 0 Å². The molecule has 0 radical (unpaired) electrons. The number of carbonyl (C=O) groups is 2. The average Bonchev–Trinajstić information content (AvgIpc) is 3.41. The van der Waals surface area contributed by atoms with Crippen LogP contribution >= 0.6 is 0 Å². The number of carbonyl (C=O) groups excluding carboxylic acids is 2. The Kier molecular flexibility index (Phi) is 7.87. The quantitative estimate of drug-likeness (QED) is 0.256. The van der Waals surface area contributed by atoms with Crippen molar-refractivity contribution < 1.29 is 14.3 Å². The molecule has 0 fully saturated rings. The van der Waals surface area contributed by atoms with Gasteiger partial charge in [0, 0.05) is 42.8 Å². The Labute approximate surface area is 225 Å². The van der Waals surface area contributed by atoms with Gasteiger partial charge in [0.25, 0.3) is 5.91 Å². The Hall–Kier alpha value is -5.05. The van der Waals surface area contributed by atoms with Gasteiger partial charge in [-0.2, -0.15) is 0 Å². The number of hydrogen-bond donors (Lipinski definition) is 2. The first-order chi connectivity index (χ1) is 19.1. The Morgan fingerprint density at radius 3 is 2.49 bits per heavy atom. The first kappa shape index (κ1) is 25.6. The highest BCUT2D eigenvalue weighted by Crippen LogP contribution is 2.31. The minimum absolute atomic E-state index is 0.0975. The number of pyridine rings is 1. The van der Waals surface area contributed by atoms with Gasteiger partial charge in [0.15, 0.2) is 11.6 Å². The Balaban J connectivity index is 1.46. The van der Waals surface area contributed by atoms with Crippen LogP contribution in [0.25, 0.3) is 28.0 Å². The molecule has 196 valence electrons. The molecule has 0 aliphatic rings. The van der Waals surface area contributed by atoms with Gasteiger partial charge in [0.2, 0.25) is 0 Å². The smallest absolute Gasteiger partial charge is 0.307 e. The molecule has 0 saturated carbocycles. The Bertz CT molecular complexity index is 1580. The molecular weight excluding hydrogens is 492 g/mol.